The van der Waals surface area contributed by atoms with Gasteiger partial charge in [-0.05, 0) is 106 Å². The zero-order valence-corrected chi connectivity index (χ0v) is 35.4. The number of benzene rings is 3. The molecule has 2 unspecified atom stereocenters. The molecule has 3 amide bonds. The van der Waals surface area contributed by atoms with Crippen molar-refractivity contribution in [3.8, 4) is 0 Å². The van der Waals surface area contributed by atoms with Crippen LogP contribution >= 0.6 is 0 Å². The van der Waals surface area contributed by atoms with Gasteiger partial charge in [0.2, 0.25) is 11.8 Å². The van der Waals surface area contributed by atoms with Crippen molar-refractivity contribution in [2.45, 2.75) is 83.2 Å². The minimum absolute atomic E-state index is 0.0700. The van der Waals surface area contributed by atoms with E-state index in [1.807, 2.05) is 19.9 Å². The van der Waals surface area contributed by atoms with Gasteiger partial charge >= 0.3 is 6.18 Å². The number of nitrogens with one attached hydrogen (secondary N) is 2. The third-order valence-electron chi connectivity index (χ3n) is 14.0. The SMILES string of the molecule is Cc1c(C(C)Nc2nnc(C)c3ccc(N4CCN(C5CN(CCN6CCC(c7cc8c(cc7F)C(=O)N(C7CCC(=O)NC7=O)C8)CC6)C5)CC4)cc23)cccc1C(F)(F)F. The average Bonchev–Trinajstić information content (AvgIpc) is 3.54. The van der Waals surface area contributed by atoms with Gasteiger partial charge < -0.3 is 20.0 Å². The van der Waals surface area contributed by atoms with Gasteiger partial charge in [0.15, 0.2) is 5.82 Å². The molecular weight excluding hydrogens is 803 g/mol. The van der Waals surface area contributed by atoms with Crippen LogP contribution in [0.5, 0.6) is 0 Å². The topological polar surface area (TPSA) is 117 Å². The van der Waals surface area contributed by atoms with Gasteiger partial charge in [0, 0.05) is 93.4 Å². The lowest BCUT2D eigenvalue weighted by atomic mass is 9.87. The van der Waals surface area contributed by atoms with E-state index in [4.69, 9.17) is 0 Å². The van der Waals surface area contributed by atoms with Crippen molar-refractivity contribution in [1.82, 2.24) is 35.1 Å². The summed E-state index contributed by atoms with van der Waals surface area (Å²) < 4.78 is 56.4. The molecule has 0 saturated carbocycles. The van der Waals surface area contributed by atoms with E-state index in [1.165, 1.54) is 24.0 Å². The van der Waals surface area contributed by atoms with E-state index in [2.05, 4.69) is 58.6 Å². The number of piperidine rings is 2. The maximum Gasteiger partial charge on any atom is 0.416 e. The summed E-state index contributed by atoms with van der Waals surface area (Å²) in [7, 11) is 0. The van der Waals surface area contributed by atoms with Gasteiger partial charge in [0.05, 0.1) is 17.3 Å². The summed E-state index contributed by atoms with van der Waals surface area (Å²) in [5.74, 6) is -0.910. The summed E-state index contributed by atoms with van der Waals surface area (Å²) >= 11 is 0. The molecule has 5 aliphatic heterocycles. The molecule has 2 N–H and O–H groups in total. The summed E-state index contributed by atoms with van der Waals surface area (Å²) in [5, 5.41) is 16.3. The highest BCUT2D eigenvalue weighted by Crippen LogP contribution is 2.38. The van der Waals surface area contributed by atoms with Crippen molar-refractivity contribution in [1.29, 1.82) is 0 Å². The fraction of sp³-hybridized carbons (Fsp3) is 0.500. The quantitative estimate of drug-likeness (QED) is 0.145. The lowest BCUT2D eigenvalue weighted by Gasteiger charge is -2.49. The maximum absolute atomic E-state index is 15.5. The number of rotatable bonds is 10. The molecule has 4 fully saturated rings. The lowest BCUT2D eigenvalue weighted by molar-refractivity contribution is -0.138. The van der Waals surface area contributed by atoms with Crippen LogP contribution in [0, 0.1) is 19.7 Å². The second kappa shape index (κ2) is 16.8. The number of carbonyl (C=O) groups is 3. The van der Waals surface area contributed by atoms with Crippen LogP contribution in [0.4, 0.5) is 29.1 Å². The fourth-order valence-corrected chi connectivity index (χ4v) is 10.3. The van der Waals surface area contributed by atoms with Crippen molar-refractivity contribution < 1.29 is 31.9 Å². The highest BCUT2D eigenvalue weighted by molar-refractivity contribution is 6.05. The molecular formula is C46H53F4N9O3. The van der Waals surface area contributed by atoms with E-state index in [0.717, 1.165) is 112 Å². The number of fused-ring (bicyclic) bond motifs is 2. The Morgan fingerprint density at radius 2 is 1.61 bits per heavy atom. The van der Waals surface area contributed by atoms with Gasteiger partial charge in [0.1, 0.15) is 11.9 Å². The number of aryl methyl sites for hydroxylation is 1. The number of alkyl halides is 3. The van der Waals surface area contributed by atoms with Crippen LogP contribution in [0.15, 0.2) is 48.5 Å². The molecule has 6 heterocycles. The van der Waals surface area contributed by atoms with E-state index in [1.54, 1.807) is 6.07 Å². The van der Waals surface area contributed by atoms with Crippen LogP contribution in [-0.2, 0) is 22.3 Å². The third kappa shape index (κ3) is 8.24. The second-order valence-electron chi connectivity index (χ2n) is 17.7. The first kappa shape index (κ1) is 42.1. The number of amides is 3. The fourth-order valence-electron chi connectivity index (χ4n) is 10.3. The number of anilines is 2. The molecule has 16 heteroatoms. The smallest absolute Gasteiger partial charge is 0.369 e. The third-order valence-corrected chi connectivity index (χ3v) is 14.0. The molecule has 0 radical (unpaired) electrons. The first-order valence-electron chi connectivity index (χ1n) is 21.8. The standard InChI is InChI=1S/C46H53F4N9O3/c1-27-34(5-4-6-39(27)46(48,49)50)28(2)51-43-38-22-32(7-8-35(38)29(3)53-54-43)57-17-19-58(20-18-57)33-25-56(26-33)16-15-55-13-11-30(12-14-55)36-21-31-24-59(45(62)37(31)23-40(36)47)41-9-10-42(60)52-44(41)61/h4-8,21-23,28,30,33,41H,9-20,24-26H2,1-3H3,(H,51,54)(H,52,60,61). The Hall–Kier alpha value is -5.19. The maximum atomic E-state index is 15.5. The summed E-state index contributed by atoms with van der Waals surface area (Å²) in [6.45, 7) is 15.0. The minimum atomic E-state index is -4.43. The van der Waals surface area contributed by atoms with Crippen molar-refractivity contribution in [3.05, 3.63) is 93.4 Å². The zero-order chi connectivity index (χ0) is 43.4. The minimum Gasteiger partial charge on any atom is -0.369 e. The van der Waals surface area contributed by atoms with Gasteiger partial charge in [-0.2, -0.15) is 18.3 Å². The first-order chi connectivity index (χ1) is 29.7. The number of hydrogen-bond acceptors (Lipinski definition) is 10. The molecule has 0 spiro atoms. The van der Waals surface area contributed by atoms with Gasteiger partial charge in [-0.3, -0.25) is 29.5 Å². The molecule has 62 heavy (non-hydrogen) atoms. The van der Waals surface area contributed by atoms with Gasteiger partial charge in [-0.25, -0.2) is 4.39 Å². The van der Waals surface area contributed by atoms with Crippen LogP contribution in [0.1, 0.15) is 88.4 Å². The Balaban J connectivity index is 0.734. The monoisotopic (exact) mass is 855 g/mol. The van der Waals surface area contributed by atoms with E-state index in [9.17, 15) is 27.6 Å². The zero-order valence-electron chi connectivity index (χ0n) is 35.4. The van der Waals surface area contributed by atoms with Gasteiger partial charge in [-0.15, -0.1) is 5.10 Å². The van der Waals surface area contributed by atoms with Crippen molar-refractivity contribution in [3.63, 3.8) is 0 Å². The summed E-state index contributed by atoms with van der Waals surface area (Å²) in [6, 6.07) is 13.1. The Bertz CT molecular complexity index is 2390. The van der Waals surface area contributed by atoms with Crippen LogP contribution in [0.2, 0.25) is 0 Å². The Kier molecular flexibility index (Phi) is 11.4. The van der Waals surface area contributed by atoms with Crippen molar-refractivity contribution in [2.75, 3.05) is 75.7 Å². The molecule has 3 aromatic carbocycles. The second-order valence-corrected chi connectivity index (χ2v) is 17.7. The summed E-state index contributed by atoms with van der Waals surface area (Å²) in [4.78, 5) is 48.6. The number of aromatic nitrogens is 2. The molecule has 0 bridgehead atoms. The number of imide groups is 1. The van der Waals surface area contributed by atoms with Gasteiger partial charge in [-0.1, -0.05) is 24.3 Å². The van der Waals surface area contributed by atoms with E-state index < -0.39 is 29.7 Å². The average molecular weight is 856 g/mol. The van der Waals surface area contributed by atoms with Crippen LogP contribution in [0.3, 0.4) is 0 Å². The molecule has 4 aromatic rings. The summed E-state index contributed by atoms with van der Waals surface area (Å²) in [5.41, 5.74) is 3.71. The number of hydrogen-bond donors (Lipinski definition) is 2. The predicted molar refractivity (Wildman–Crippen MR) is 227 cm³/mol. The molecule has 2 atom stereocenters. The Labute approximate surface area is 358 Å². The normalized spacial score (nSPS) is 21.7. The largest absolute Gasteiger partial charge is 0.416 e. The predicted octanol–water partition coefficient (Wildman–Crippen LogP) is 6.02. The summed E-state index contributed by atoms with van der Waals surface area (Å²) in [6.07, 6.45) is -2.29. The number of carbonyl (C=O) groups excluding carboxylic acids is 3. The van der Waals surface area contributed by atoms with Gasteiger partial charge in [0.25, 0.3) is 5.91 Å². The number of nitrogens with zero attached hydrogens (tertiary/aromatic N) is 7. The van der Waals surface area contributed by atoms with E-state index in [0.29, 0.717) is 28.6 Å². The number of halogens is 4. The van der Waals surface area contributed by atoms with Crippen molar-refractivity contribution in [2.24, 2.45) is 0 Å². The highest BCUT2D eigenvalue weighted by Gasteiger charge is 2.41. The molecule has 9 rings (SSSR count). The number of piperazine rings is 1. The Morgan fingerprint density at radius 3 is 2.34 bits per heavy atom. The molecule has 5 aliphatic rings. The molecule has 4 saturated heterocycles. The molecule has 12 nitrogen and oxygen atoms in total. The van der Waals surface area contributed by atoms with E-state index in [-0.39, 0.29) is 48.5 Å². The molecule has 0 aliphatic carbocycles. The highest BCUT2D eigenvalue weighted by atomic mass is 19.4. The first-order valence-corrected chi connectivity index (χ1v) is 21.8. The van der Waals surface area contributed by atoms with Crippen LogP contribution in [-0.4, -0.2) is 125 Å². The Morgan fingerprint density at radius 1 is 0.871 bits per heavy atom. The van der Waals surface area contributed by atoms with E-state index >= 15 is 4.39 Å². The number of likely N-dealkylation sites (tertiary alicyclic amines) is 2. The van der Waals surface area contributed by atoms with Crippen LogP contribution < -0.4 is 15.5 Å². The molecule has 1 aromatic heterocycles. The lowest BCUT2D eigenvalue weighted by Crippen LogP contribution is -2.63. The molecule has 328 valence electrons. The van der Waals surface area contributed by atoms with Crippen LogP contribution in [0.25, 0.3) is 10.8 Å². The van der Waals surface area contributed by atoms with Crippen molar-refractivity contribution >= 4 is 40.0 Å².